The Labute approximate surface area is 324 Å². The van der Waals surface area contributed by atoms with E-state index in [-0.39, 0.29) is 50.4 Å². The van der Waals surface area contributed by atoms with Crippen LogP contribution in [0.1, 0.15) is 86.1 Å². The molecule has 1 N–H and O–H groups in total. The molecule has 274 valence electrons. The highest BCUT2D eigenvalue weighted by molar-refractivity contribution is 7.15. The minimum atomic E-state index is -0.718. The smallest absolute Gasteiger partial charge is 0.328 e. The summed E-state index contributed by atoms with van der Waals surface area (Å²) in [6.07, 6.45) is 3.71. The van der Waals surface area contributed by atoms with Gasteiger partial charge in [-0.1, -0.05) is 53.5 Å². The topological polar surface area (TPSA) is 154 Å². The Balaban J connectivity index is 0.936. The van der Waals surface area contributed by atoms with Crippen molar-refractivity contribution < 1.29 is 23.9 Å². The number of nitrogens with zero attached hydrogens (tertiary/aromatic N) is 7. The van der Waals surface area contributed by atoms with E-state index in [1.54, 1.807) is 41.9 Å². The van der Waals surface area contributed by atoms with E-state index < -0.39 is 17.9 Å². The van der Waals surface area contributed by atoms with Gasteiger partial charge in [-0.05, 0) is 62.6 Å². The van der Waals surface area contributed by atoms with Crippen molar-refractivity contribution in [2.45, 2.75) is 58.8 Å². The number of halogens is 1. The zero-order valence-electron chi connectivity index (χ0n) is 29.8. The third-order valence-electron chi connectivity index (χ3n) is 9.59. The van der Waals surface area contributed by atoms with Gasteiger partial charge in [-0.15, -0.1) is 21.5 Å². The number of nitrogens with one attached hydrogen (secondary N) is 1. The second-order valence-electron chi connectivity index (χ2n) is 13.2. The maximum absolute atomic E-state index is 13.1. The highest BCUT2D eigenvalue weighted by atomic mass is 35.5. The predicted octanol–water partition coefficient (Wildman–Crippen LogP) is 4.46. The van der Waals surface area contributed by atoms with Crippen molar-refractivity contribution in [2.24, 2.45) is 4.99 Å². The molecule has 1 fully saturated rings. The Bertz CT molecular complexity index is 2600. The quantitative estimate of drug-likeness (QED) is 0.156. The molecule has 13 nitrogen and oxygen atoms in total. The van der Waals surface area contributed by atoms with Crippen LogP contribution < -0.4 is 5.32 Å². The summed E-state index contributed by atoms with van der Waals surface area (Å²) in [4.78, 5) is 57.2. The summed E-state index contributed by atoms with van der Waals surface area (Å²) in [6, 6.07) is 11.9. The van der Waals surface area contributed by atoms with Crippen molar-refractivity contribution in [1.82, 2.24) is 34.8 Å². The Kier molecular flexibility index (Phi) is 9.38. The number of aromatic nitrogens is 5. The molecule has 0 saturated carbocycles. The third kappa shape index (κ3) is 6.82. The predicted molar refractivity (Wildman–Crippen MR) is 203 cm³/mol. The summed E-state index contributed by atoms with van der Waals surface area (Å²) < 4.78 is 8.85. The first-order chi connectivity index (χ1) is 26.5. The van der Waals surface area contributed by atoms with Crippen molar-refractivity contribution in [3.8, 4) is 28.7 Å². The maximum Gasteiger partial charge on any atom is 0.328 e. The van der Waals surface area contributed by atoms with Crippen LogP contribution in [0.5, 0.6) is 0 Å². The van der Waals surface area contributed by atoms with Crippen LogP contribution in [0, 0.1) is 37.5 Å². The van der Waals surface area contributed by atoms with Crippen LogP contribution in [0.2, 0.25) is 5.02 Å². The molecule has 0 aliphatic carbocycles. The van der Waals surface area contributed by atoms with E-state index in [9.17, 15) is 19.2 Å². The summed E-state index contributed by atoms with van der Waals surface area (Å²) in [5, 5.41) is 17.0. The van der Waals surface area contributed by atoms with Gasteiger partial charge in [-0.2, -0.15) is 5.10 Å². The minimum Gasteiger partial charge on any atom is -0.451 e. The molecule has 0 spiro atoms. The Morgan fingerprint density at radius 3 is 2.69 bits per heavy atom. The van der Waals surface area contributed by atoms with Crippen LogP contribution in [0.15, 0.2) is 59.9 Å². The fourth-order valence-electron chi connectivity index (χ4n) is 6.87. The average molecular weight is 771 g/mol. The number of benzene rings is 2. The molecule has 5 aromatic rings. The van der Waals surface area contributed by atoms with E-state index >= 15 is 0 Å². The normalized spacial score (nSPS) is 17.1. The lowest BCUT2D eigenvalue weighted by Gasteiger charge is -2.29. The standard InChI is InChI=1S/C40H31ClN8O5S/c1-22-32(55-40-35(22)36(27-10-12-28(41)13-11-27)43-23(2)37-46-45-24(3)49(37)40)15-9-25-18-42-47(19-25)21-34(51)54-17-5-7-26-6-4-8-29-30(26)20-48(39(29)53)31-14-16-33(50)44-38(31)52/h4,6,8,10-13,18-19,23,31H,14,16-17,20-21H2,1-3H3,(H,44,50,52)/t23-,31?/m0/s1. The molecular formula is C40H31ClN8O5S. The second-order valence-corrected chi connectivity index (χ2v) is 14.6. The number of aliphatic imine (C=N–C) groups is 1. The van der Waals surface area contributed by atoms with Crippen LogP contribution >= 0.6 is 22.9 Å². The first-order valence-electron chi connectivity index (χ1n) is 17.4. The number of rotatable bonds is 5. The molecule has 3 aliphatic heterocycles. The van der Waals surface area contributed by atoms with Crippen molar-refractivity contribution in [3.05, 3.63) is 115 Å². The fourth-order valence-corrected chi connectivity index (χ4v) is 8.21. The molecule has 0 radical (unpaired) electrons. The molecule has 2 aromatic carbocycles. The van der Waals surface area contributed by atoms with Crippen molar-refractivity contribution in [3.63, 3.8) is 0 Å². The summed E-state index contributed by atoms with van der Waals surface area (Å²) in [7, 11) is 0. The van der Waals surface area contributed by atoms with E-state index in [1.165, 1.54) is 9.58 Å². The van der Waals surface area contributed by atoms with Crippen molar-refractivity contribution in [2.75, 3.05) is 6.61 Å². The number of hydrogen-bond acceptors (Lipinski definition) is 10. The number of ether oxygens (including phenoxy) is 1. The van der Waals surface area contributed by atoms with Gasteiger partial charge in [-0.3, -0.25) is 38.7 Å². The van der Waals surface area contributed by atoms with Gasteiger partial charge >= 0.3 is 5.97 Å². The molecule has 3 aromatic heterocycles. The number of thiophene rings is 1. The minimum absolute atomic E-state index is 0.138. The molecule has 6 heterocycles. The van der Waals surface area contributed by atoms with Crippen LogP contribution in [-0.2, 0) is 32.2 Å². The lowest BCUT2D eigenvalue weighted by atomic mass is 9.99. The fraction of sp³-hybridized carbons (Fsp3) is 0.250. The Morgan fingerprint density at radius 2 is 1.89 bits per heavy atom. The van der Waals surface area contributed by atoms with Crippen molar-refractivity contribution >= 4 is 52.3 Å². The van der Waals surface area contributed by atoms with E-state index in [0.29, 0.717) is 27.3 Å². The van der Waals surface area contributed by atoms with Gasteiger partial charge in [0.1, 0.15) is 29.5 Å². The number of piperidine rings is 1. The molecule has 15 heteroatoms. The van der Waals surface area contributed by atoms with E-state index in [4.69, 9.17) is 21.3 Å². The van der Waals surface area contributed by atoms with Crippen LogP contribution in [-0.4, -0.2) is 71.5 Å². The first-order valence-corrected chi connectivity index (χ1v) is 18.6. The molecule has 2 atom stereocenters. The van der Waals surface area contributed by atoms with E-state index in [2.05, 4.69) is 44.3 Å². The molecule has 8 rings (SSSR count). The highest BCUT2D eigenvalue weighted by Crippen LogP contribution is 2.39. The molecule has 55 heavy (non-hydrogen) atoms. The lowest BCUT2D eigenvalue weighted by Crippen LogP contribution is -2.52. The van der Waals surface area contributed by atoms with Crippen LogP contribution in [0.3, 0.4) is 0 Å². The Morgan fingerprint density at radius 1 is 1.07 bits per heavy atom. The summed E-state index contributed by atoms with van der Waals surface area (Å²) in [6.45, 7) is 5.85. The van der Waals surface area contributed by atoms with Gasteiger partial charge in [0, 0.05) is 46.4 Å². The highest BCUT2D eigenvalue weighted by Gasteiger charge is 2.39. The molecule has 1 saturated heterocycles. The summed E-state index contributed by atoms with van der Waals surface area (Å²) >= 11 is 7.75. The van der Waals surface area contributed by atoms with Gasteiger partial charge in [0.15, 0.2) is 12.4 Å². The number of carbonyl (C=O) groups excluding carboxylic acids is 4. The SMILES string of the molecule is Cc1c(C#Cc2cnn(CC(=O)OCC#Cc3cccc4c3CN(C3CCC(=O)NC3=O)C4=O)c2)sc2c1C(c1ccc(Cl)cc1)=N[C@@H](C)c1nnc(C)n1-2. The molecule has 1 unspecified atom stereocenters. The lowest BCUT2D eigenvalue weighted by molar-refractivity contribution is -0.143. The number of imide groups is 1. The van der Waals surface area contributed by atoms with Gasteiger partial charge in [0.05, 0.1) is 22.3 Å². The first kappa shape index (κ1) is 35.7. The van der Waals surface area contributed by atoms with Gasteiger partial charge in [0.2, 0.25) is 11.8 Å². The monoisotopic (exact) mass is 770 g/mol. The number of hydrogen-bond donors (Lipinski definition) is 1. The number of aryl methyl sites for hydroxylation is 1. The molecule has 3 amide bonds. The number of fused-ring (bicyclic) bond motifs is 4. The van der Waals surface area contributed by atoms with E-state index in [0.717, 1.165) is 43.9 Å². The second kappa shape index (κ2) is 14.5. The zero-order chi connectivity index (χ0) is 38.4. The number of amides is 3. The van der Waals surface area contributed by atoms with Gasteiger partial charge in [-0.25, -0.2) is 0 Å². The van der Waals surface area contributed by atoms with Crippen LogP contribution in [0.25, 0.3) is 5.00 Å². The molecular weight excluding hydrogens is 740 g/mol. The summed E-state index contributed by atoms with van der Waals surface area (Å²) in [5.41, 5.74) is 6.09. The Hall–Kier alpha value is -6.35. The molecule has 3 aliphatic rings. The van der Waals surface area contributed by atoms with Gasteiger partial charge < -0.3 is 9.64 Å². The average Bonchev–Trinajstić information content (AvgIpc) is 3.92. The number of carbonyl (C=O) groups is 4. The summed E-state index contributed by atoms with van der Waals surface area (Å²) in [5.74, 6) is 12.2. The van der Waals surface area contributed by atoms with Crippen molar-refractivity contribution in [1.29, 1.82) is 0 Å². The largest absolute Gasteiger partial charge is 0.451 e. The third-order valence-corrected chi connectivity index (χ3v) is 11.0. The van der Waals surface area contributed by atoms with E-state index in [1.807, 2.05) is 49.6 Å². The van der Waals surface area contributed by atoms with Crippen LogP contribution in [0.4, 0.5) is 0 Å². The maximum atomic E-state index is 13.1. The number of esters is 1. The van der Waals surface area contributed by atoms with Gasteiger partial charge in [0.25, 0.3) is 5.91 Å². The zero-order valence-corrected chi connectivity index (χ0v) is 31.4. The molecule has 0 bridgehead atoms.